The van der Waals surface area contributed by atoms with Gasteiger partial charge < -0.3 is 15.8 Å². The van der Waals surface area contributed by atoms with Crippen LogP contribution >= 0.6 is 12.4 Å². The molecule has 1 amide bonds. The van der Waals surface area contributed by atoms with Crippen LogP contribution in [0.4, 0.5) is 0 Å². The SMILES string of the molecule is COCC(N)C(=O)NC1CCCCCCC1.Cl. The van der Waals surface area contributed by atoms with Crippen LogP contribution in [0.1, 0.15) is 44.9 Å². The van der Waals surface area contributed by atoms with E-state index < -0.39 is 6.04 Å². The maximum absolute atomic E-state index is 11.7. The van der Waals surface area contributed by atoms with Crippen LogP contribution in [-0.4, -0.2) is 31.7 Å². The molecule has 0 aliphatic heterocycles. The number of carbonyl (C=O) groups is 1. The van der Waals surface area contributed by atoms with E-state index in [-0.39, 0.29) is 18.3 Å². The summed E-state index contributed by atoms with van der Waals surface area (Å²) in [4.78, 5) is 11.7. The van der Waals surface area contributed by atoms with Crippen molar-refractivity contribution in [3.63, 3.8) is 0 Å². The monoisotopic (exact) mass is 264 g/mol. The Bertz CT molecular complexity index is 207. The zero-order valence-corrected chi connectivity index (χ0v) is 11.4. The van der Waals surface area contributed by atoms with Crippen molar-refractivity contribution in [2.45, 2.75) is 57.0 Å². The summed E-state index contributed by atoms with van der Waals surface area (Å²) in [5.74, 6) is -0.0765. The third-order valence-corrected chi connectivity index (χ3v) is 3.13. The zero-order valence-electron chi connectivity index (χ0n) is 10.6. The van der Waals surface area contributed by atoms with E-state index in [0.717, 1.165) is 12.8 Å². The second-order valence-corrected chi connectivity index (χ2v) is 4.61. The Labute approximate surface area is 110 Å². The fraction of sp³-hybridized carbons (Fsp3) is 0.917. The number of rotatable bonds is 4. The van der Waals surface area contributed by atoms with Gasteiger partial charge in [0, 0.05) is 13.2 Å². The minimum atomic E-state index is -0.532. The molecule has 0 aromatic carbocycles. The standard InChI is InChI=1S/C12H24N2O2.ClH/c1-16-9-11(13)12(15)14-10-7-5-3-2-4-6-8-10;/h10-11H,2-9,13H2,1H3,(H,14,15);1H. The first kappa shape index (κ1) is 16.7. The maximum Gasteiger partial charge on any atom is 0.239 e. The van der Waals surface area contributed by atoms with E-state index in [1.165, 1.54) is 32.1 Å². The number of halogens is 1. The van der Waals surface area contributed by atoms with E-state index in [2.05, 4.69) is 5.32 Å². The van der Waals surface area contributed by atoms with Gasteiger partial charge in [0.1, 0.15) is 6.04 Å². The van der Waals surface area contributed by atoms with E-state index in [1.807, 2.05) is 0 Å². The molecule has 1 fully saturated rings. The predicted octanol–water partition coefficient (Wildman–Crippen LogP) is 1.61. The Morgan fingerprint density at radius 2 is 1.82 bits per heavy atom. The van der Waals surface area contributed by atoms with Crippen LogP contribution in [0.2, 0.25) is 0 Å². The van der Waals surface area contributed by atoms with Crippen LogP contribution in [0.15, 0.2) is 0 Å². The lowest BCUT2D eigenvalue weighted by molar-refractivity contribution is -0.124. The van der Waals surface area contributed by atoms with Gasteiger partial charge in [-0.2, -0.15) is 0 Å². The molecule has 0 bridgehead atoms. The summed E-state index contributed by atoms with van der Waals surface area (Å²) in [6, 6.07) is -0.217. The first-order chi connectivity index (χ1) is 7.74. The maximum atomic E-state index is 11.7. The van der Waals surface area contributed by atoms with Gasteiger partial charge in [-0.25, -0.2) is 0 Å². The highest BCUT2D eigenvalue weighted by Gasteiger charge is 2.18. The van der Waals surface area contributed by atoms with Crippen LogP contribution in [0.3, 0.4) is 0 Å². The normalized spacial score (nSPS) is 19.6. The molecule has 0 aromatic rings. The summed E-state index contributed by atoms with van der Waals surface area (Å²) in [6.45, 7) is 0.290. The van der Waals surface area contributed by atoms with Crippen LogP contribution in [0.5, 0.6) is 0 Å². The molecular weight excluding hydrogens is 240 g/mol. The lowest BCUT2D eigenvalue weighted by atomic mass is 9.96. The molecule has 1 aliphatic carbocycles. The van der Waals surface area contributed by atoms with Crippen LogP contribution in [-0.2, 0) is 9.53 Å². The molecule has 0 spiro atoms. The summed E-state index contributed by atoms with van der Waals surface area (Å²) in [5.41, 5.74) is 5.68. The lowest BCUT2D eigenvalue weighted by Crippen LogP contribution is -2.47. The molecule has 17 heavy (non-hydrogen) atoms. The fourth-order valence-electron chi connectivity index (χ4n) is 2.16. The number of nitrogens with one attached hydrogen (secondary N) is 1. The van der Waals surface area contributed by atoms with Gasteiger partial charge in [0.2, 0.25) is 5.91 Å². The molecule has 1 rings (SSSR count). The third kappa shape index (κ3) is 6.86. The number of hydrogen-bond donors (Lipinski definition) is 2. The van der Waals surface area contributed by atoms with Gasteiger partial charge in [0.25, 0.3) is 0 Å². The number of methoxy groups -OCH3 is 1. The Morgan fingerprint density at radius 3 is 2.35 bits per heavy atom. The molecule has 5 heteroatoms. The van der Waals surface area contributed by atoms with Crippen molar-refractivity contribution in [3.8, 4) is 0 Å². The summed E-state index contributed by atoms with van der Waals surface area (Å²) >= 11 is 0. The van der Waals surface area contributed by atoms with Crippen LogP contribution < -0.4 is 11.1 Å². The number of carbonyl (C=O) groups excluding carboxylic acids is 1. The first-order valence-electron chi connectivity index (χ1n) is 6.29. The average Bonchev–Trinajstić information content (AvgIpc) is 2.22. The first-order valence-corrected chi connectivity index (χ1v) is 6.29. The quantitative estimate of drug-likeness (QED) is 0.811. The molecular formula is C12H25ClN2O2. The molecule has 0 aromatic heterocycles. The second-order valence-electron chi connectivity index (χ2n) is 4.61. The Morgan fingerprint density at radius 1 is 1.29 bits per heavy atom. The minimum Gasteiger partial charge on any atom is -0.383 e. The summed E-state index contributed by atoms with van der Waals surface area (Å²) in [6.07, 6.45) is 8.52. The summed E-state index contributed by atoms with van der Waals surface area (Å²) < 4.78 is 4.87. The van der Waals surface area contributed by atoms with Gasteiger partial charge in [-0.05, 0) is 12.8 Å². The largest absolute Gasteiger partial charge is 0.383 e. The molecule has 1 aliphatic rings. The van der Waals surface area contributed by atoms with E-state index in [4.69, 9.17) is 10.5 Å². The lowest BCUT2D eigenvalue weighted by Gasteiger charge is -2.22. The molecule has 0 heterocycles. The highest BCUT2D eigenvalue weighted by Crippen LogP contribution is 2.17. The highest BCUT2D eigenvalue weighted by atomic mass is 35.5. The number of hydrogen-bond acceptors (Lipinski definition) is 3. The summed E-state index contributed by atoms with van der Waals surface area (Å²) in [7, 11) is 1.56. The van der Waals surface area contributed by atoms with Crippen molar-refractivity contribution < 1.29 is 9.53 Å². The van der Waals surface area contributed by atoms with Gasteiger partial charge in [0.05, 0.1) is 6.61 Å². The van der Waals surface area contributed by atoms with E-state index >= 15 is 0 Å². The second kappa shape index (κ2) is 9.68. The Balaban J connectivity index is 0.00000256. The van der Waals surface area contributed by atoms with Gasteiger partial charge in [-0.3, -0.25) is 4.79 Å². The zero-order chi connectivity index (χ0) is 11.8. The average molecular weight is 265 g/mol. The number of nitrogens with two attached hydrogens (primary N) is 1. The molecule has 1 unspecified atom stereocenters. The molecule has 102 valence electrons. The predicted molar refractivity (Wildman–Crippen MR) is 71.3 cm³/mol. The van der Waals surface area contributed by atoms with Crippen LogP contribution in [0.25, 0.3) is 0 Å². The molecule has 4 nitrogen and oxygen atoms in total. The molecule has 1 atom stereocenters. The Kier molecular flexibility index (Phi) is 9.50. The third-order valence-electron chi connectivity index (χ3n) is 3.13. The van der Waals surface area contributed by atoms with Gasteiger partial charge in [-0.1, -0.05) is 32.1 Å². The highest BCUT2D eigenvalue weighted by molar-refractivity contribution is 5.85. The topological polar surface area (TPSA) is 64.3 Å². The number of amides is 1. The number of ether oxygens (including phenoxy) is 1. The summed E-state index contributed by atoms with van der Waals surface area (Å²) in [5, 5.41) is 3.03. The molecule has 1 saturated carbocycles. The van der Waals surface area contributed by atoms with Crippen molar-refractivity contribution in [1.29, 1.82) is 0 Å². The van der Waals surface area contributed by atoms with E-state index in [0.29, 0.717) is 12.6 Å². The molecule has 0 radical (unpaired) electrons. The van der Waals surface area contributed by atoms with Gasteiger partial charge in [-0.15, -0.1) is 12.4 Å². The van der Waals surface area contributed by atoms with Crippen molar-refractivity contribution in [1.82, 2.24) is 5.32 Å². The van der Waals surface area contributed by atoms with Crippen molar-refractivity contribution in [3.05, 3.63) is 0 Å². The van der Waals surface area contributed by atoms with Gasteiger partial charge >= 0.3 is 0 Å². The Hall–Kier alpha value is -0.320. The van der Waals surface area contributed by atoms with E-state index in [1.54, 1.807) is 7.11 Å². The smallest absolute Gasteiger partial charge is 0.239 e. The fourth-order valence-corrected chi connectivity index (χ4v) is 2.16. The van der Waals surface area contributed by atoms with Crippen LogP contribution in [0, 0.1) is 0 Å². The molecule has 3 N–H and O–H groups in total. The van der Waals surface area contributed by atoms with Crippen molar-refractivity contribution >= 4 is 18.3 Å². The minimum absolute atomic E-state index is 0. The molecule has 0 saturated heterocycles. The van der Waals surface area contributed by atoms with Crippen molar-refractivity contribution in [2.24, 2.45) is 5.73 Å². The van der Waals surface area contributed by atoms with Crippen molar-refractivity contribution in [2.75, 3.05) is 13.7 Å². The van der Waals surface area contributed by atoms with Gasteiger partial charge in [0.15, 0.2) is 0 Å². The van der Waals surface area contributed by atoms with E-state index in [9.17, 15) is 4.79 Å².